The number of piperazine rings is 1. The highest BCUT2D eigenvalue weighted by atomic mass is 19.3. The number of rotatable bonds is 6. The number of pyridine rings is 1. The van der Waals surface area contributed by atoms with Crippen LogP contribution in [0.3, 0.4) is 0 Å². The van der Waals surface area contributed by atoms with Crippen molar-refractivity contribution in [1.29, 1.82) is 0 Å². The molecule has 0 saturated carbocycles. The SMILES string of the molecule is C=CC(=O)N1C[C@@H]2C[C@H]1CN2c1ccc2ncnc(Nc3ccc(OC(F)F)c(F)c3F)c2n1. The minimum Gasteiger partial charge on any atom is -0.432 e. The molecule has 1 N–H and O–H groups in total. The molecule has 2 aliphatic rings. The van der Waals surface area contributed by atoms with Crippen LogP contribution in [0.5, 0.6) is 5.75 Å². The lowest BCUT2D eigenvalue weighted by Crippen LogP contribution is -2.48. The molecule has 0 spiro atoms. The van der Waals surface area contributed by atoms with Gasteiger partial charge >= 0.3 is 6.61 Å². The fourth-order valence-electron chi connectivity index (χ4n) is 4.46. The van der Waals surface area contributed by atoms with Crippen LogP contribution in [0, 0.1) is 11.6 Å². The number of nitrogens with zero attached hydrogens (tertiary/aromatic N) is 5. The lowest BCUT2D eigenvalue weighted by molar-refractivity contribution is -0.127. The fraction of sp³-hybridized carbons (Fsp3) is 0.273. The van der Waals surface area contributed by atoms with Crippen LogP contribution >= 0.6 is 0 Å². The van der Waals surface area contributed by atoms with E-state index in [-0.39, 0.29) is 29.5 Å². The molecular formula is C22H18F4N6O2. The maximum atomic E-state index is 14.5. The van der Waals surface area contributed by atoms with Crippen LogP contribution in [0.2, 0.25) is 0 Å². The number of carbonyl (C=O) groups is 1. The van der Waals surface area contributed by atoms with Gasteiger partial charge in [-0.25, -0.2) is 19.3 Å². The summed E-state index contributed by atoms with van der Waals surface area (Å²) in [5.74, 6) is -3.21. The molecule has 8 nitrogen and oxygen atoms in total. The number of hydrogen-bond acceptors (Lipinski definition) is 7. The molecule has 2 atom stereocenters. The zero-order valence-electron chi connectivity index (χ0n) is 17.6. The van der Waals surface area contributed by atoms with Gasteiger partial charge in [0.2, 0.25) is 11.7 Å². The largest absolute Gasteiger partial charge is 0.432 e. The van der Waals surface area contributed by atoms with Gasteiger partial charge in [0.05, 0.1) is 23.3 Å². The number of hydrogen-bond donors (Lipinski definition) is 1. The standard InChI is InChI=1S/C22H18F4N6O2/c1-2-17(33)32-9-11-7-12(32)8-31(11)16-6-4-14-20(30-16)21(28-10-27-14)29-13-3-5-15(34-22(25)26)19(24)18(13)23/h2-6,10-12,22H,1,7-9H2,(H,27,28,29)/t11-,12-/m0/s1. The number of carbonyl (C=O) groups excluding carboxylic acids is 1. The fourth-order valence-corrected chi connectivity index (χ4v) is 4.46. The van der Waals surface area contributed by atoms with E-state index >= 15 is 0 Å². The molecule has 5 rings (SSSR count). The Bertz CT molecular complexity index is 1290. The number of amides is 1. The molecule has 12 heteroatoms. The molecule has 2 aromatic heterocycles. The summed E-state index contributed by atoms with van der Waals surface area (Å²) in [7, 11) is 0. The van der Waals surface area contributed by atoms with Crippen LogP contribution in [0.15, 0.2) is 43.2 Å². The highest BCUT2D eigenvalue weighted by Gasteiger charge is 2.45. The first-order chi connectivity index (χ1) is 16.4. The van der Waals surface area contributed by atoms with Crippen molar-refractivity contribution < 1.29 is 27.1 Å². The van der Waals surface area contributed by atoms with Crippen LogP contribution in [0.1, 0.15) is 6.42 Å². The number of likely N-dealkylation sites (tertiary alicyclic amines) is 1. The first-order valence-electron chi connectivity index (χ1n) is 10.4. The van der Waals surface area contributed by atoms with Crippen LogP contribution in [0.25, 0.3) is 11.0 Å². The highest BCUT2D eigenvalue weighted by molar-refractivity contribution is 5.89. The maximum Gasteiger partial charge on any atom is 0.387 e. The first kappa shape index (κ1) is 21.9. The molecule has 1 amide bonds. The zero-order valence-corrected chi connectivity index (χ0v) is 17.6. The van der Waals surface area contributed by atoms with E-state index in [1.165, 1.54) is 12.4 Å². The van der Waals surface area contributed by atoms with Gasteiger partial charge in [-0.3, -0.25) is 4.79 Å². The number of nitrogens with one attached hydrogen (secondary N) is 1. The Balaban J connectivity index is 1.43. The lowest BCUT2D eigenvalue weighted by atomic mass is 10.2. The van der Waals surface area contributed by atoms with E-state index in [0.717, 1.165) is 18.6 Å². The van der Waals surface area contributed by atoms with E-state index in [1.54, 1.807) is 17.0 Å². The van der Waals surface area contributed by atoms with Crippen molar-refractivity contribution in [1.82, 2.24) is 19.9 Å². The smallest absolute Gasteiger partial charge is 0.387 e. The molecule has 0 radical (unpaired) electrons. The molecule has 2 fully saturated rings. The summed E-state index contributed by atoms with van der Waals surface area (Å²) in [6.45, 7) is 1.42. The highest BCUT2D eigenvalue weighted by Crippen LogP contribution is 2.35. The van der Waals surface area contributed by atoms with Gasteiger partial charge in [-0.05, 0) is 36.8 Å². The molecular weight excluding hydrogens is 456 g/mol. The van der Waals surface area contributed by atoms with Crippen molar-refractivity contribution in [2.75, 3.05) is 23.3 Å². The Labute approximate surface area is 190 Å². The summed E-state index contributed by atoms with van der Waals surface area (Å²) in [5.41, 5.74) is 0.451. The van der Waals surface area contributed by atoms with Gasteiger partial charge in [0, 0.05) is 13.1 Å². The second kappa shape index (κ2) is 8.43. The minimum absolute atomic E-state index is 0.0589. The predicted molar refractivity (Wildman–Crippen MR) is 115 cm³/mol. The third kappa shape index (κ3) is 3.74. The van der Waals surface area contributed by atoms with Crippen molar-refractivity contribution in [2.24, 2.45) is 0 Å². The Morgan fingerprint density at radius 3 is 2.68 bits per heavy atom. The zero-order chi connectivity index (χ0) is 24.0. The number of anilines is 3. The Hall–Kier alpha value is -3.96. The van der Waals surface area contributed by atoms with Gasteiger partial charge in [0.1, 0.15) is 17.7 Å². The van der Waals surface area contributed by atoms with E-state index in [0.29, 0.717) is 29.9 Å². The molecule has 176 valence electrons. The molecule has 2 saturated heterocycles. The van der Waals surface area contributed by atoms with Crippen LogP contribution in [0.4, 0.5) is 34.9 Å². The van der Waals surface area contributed by atoms with Crippen molar-refractivity contribution in [3.05, 3.63) is 54.9 Å². The van der Waals surface area contributed by atoms with Crippen LogP contribution in [-0.4, -0.2) is 57.5 Å². The second-order valence-corrected chi connectivity index (χ2v) is 7.89. The van der Waals surface area contributed by atoms with Crippen LogP contribution in [-0.2, 0) is 4.79 Å². The lowest BCUT2D eigenvalue weighted by Gasteiger charge is -2.34. The summed E-state index contributed by atoms with van der Waals surface area (Å²) < 4.78 is 57.4. The molecule has 4 heterocycles. The second-order valence-electron chi connectivity index (χ2n) is 7.89. The maximum absolute atomic E-state index is 14.5. The van der Waals surface area contributed by atoms with E-state index < -0.39 is 24.0 Å². The number of benzene rings is 1. The van der Waals surface area contributed by atoms with Gasteiger partial charge in [-0.2, -0.15) is 13.2 Å². The normalized spacial score (nSPS) is 19.2. The number of alkyl halides is 2. The third-order valence-corrected chi connectivity index (χ3v) is 5.98. The predicted octanol–water partition coefficient (Wildman–Crippen LogP) is 3.62. The Kier molecular flexibility index (Phi) is 5.42. The van der Waals surface area contributed by atoms with Gasteiger partial charge in [0.15, 0.2) is 17.4 Å². The van der Waals surface area contributed by atoms with Crippen molar-refractivity contribution >= 4 is 34.3 Å². The Morgan fingerprint density at radius 2 is 1.97 bits per heavy atom. The van der Waals surface area contributed by atoms with E-state index in [4.69, 9.17) is 0 Å². The number of aromatic nitrogens is 3. The van der Waals surface area contributed by atoms with Gasteiger partial charge in [0.25, 0.3) is 0 Å². The quantitative estimate of drug-likeness (QED) is 0.432. The third-order valence-electron chi connectivity index (χ3n) is 5.98. The Morgan fingerprint density at radius 1 is 1.15 bits per heavy atom. The topological polar surface area (TPSA) is 83.5 Å². The summed E-state index contributed by atoms with van der Waals surface area (Å²) in [6.07, 6.45) is 3.36. The molecule has 2 aliphatic heterocycles. The summed E-state index contributed by atoms with van der Waals surface area (Å²) in [6, 6.07) is 5.65. The summed E-state index contributed by atoms with van der Waals surface area (Å²) in [4.78, 5) is 28.8. The monoisotopic (exact) mass is 474 g/mol. The molecule has 0 aliphatic carbocycles. The minimum atomic E-state index is -3.29. The number of fused-ring (bicyclic) bond motifs is 3. The number of ether oxygens (including phenoxy) is 1. The molecule has 1 aromatic carbocycles. The van der Waals surface area contributed by atoms with Crippen molar-refractivity contribution in [3.8, 4) is 5.75 Å². The molecule has 0 unspecified atom stereocenters. The first-order valence-corrected chi connectivity index (χ1v) is 10.4. The van der Waals surface area contributed by atoms with Gasteiger partial charge < -0.3 is 19.9 Å². The molecule has 2 bridgehead atoms. The molecule has 3 aromatic rings. The molecule has 34 heavy (non-hydrogen) atoms. The average Bonchev–Trinajstić information content (AvgIpc) is 3.44. The van der Waals surface area contributed by atoms with Crippen LogP contribution < -0.4 is 15.0 Å². The van der Waals surface area contributed by atoms with Crippen molar-refractivity contribution in [2.45, 2.75) is 25.1 Å². The average molecular weight is 474 g/mol. The van der Waals surface area contributed by atoms with Gasteiger partial charge in [-0.1, -0.05) is 6.58 Å². The van der Waals surface area contributed by atoms with E-state index in [2.05, 4.69) is 36.5 Å². The number of halogens is 4. The van der Waals surface area contributed by atoms with Gasteiger partial charge in [-0.15, -0.1) is 0 Å². The van der Waals surface area contributed by atoms with E-state index in [9.17, 15) is 22.4 Å². The summed E-state index contributed by atoms with van der Waals surface area (Å²) in [5, 5.41) is 2.66. The van der Waals surface area contributed by atoms with E-state index in [1.807, 2.05) is 0 Å². The summed E-state index contributed by atoms with van der Waals surface area (Å²) >= 11 is 0. The van der Waals surface area contributed by atoms with Crippen molar-refractivity contribution in [3.63, 3.8) is 0 Å².